The van der Waals surface area contributed by atoms with E-state index in [-0.39, 0.29) is 159 Å². The normalized spacial score (nSPS) is 15.3. The molecular weight excluding hydrogens is 2400 g/mol. The van der Waals surface area contributed by atoms with E-state index in [0.29, 0.717) is 157 Å². The number of benzene rings is 8. The molecule has 0 aliphatic carbocycles. The van der Waals surface area contributed by atoms with Crippen LogP contribution < -0.4 is 29.4 Å². The lowest BCUT2D eigenvalue weighted by atomic mass is 10.1. The molecule has 0 radical (unpaired) electrons. The molecule has 4 aliphatic rings. The second-order valence-electron chi connectivity index (χ2n) is 34.3. The van der Waals surface area contributed by atoms with E-state index in [0.717, 1.165) is 71.8 Å². The molecule has 0 saturated carbocycles. The van der Waals surface area contributed by atoms with Gasteiger partial charge in [0.1, 0.15) is 19.6 Å². The van der Waals surface area contributed by atoms with Crippen LogP contribution in [0.2, 0.25) is 10.0 Å². The van der Waals surface area contributed by atoms with E-state index in [1.807, 2.05) is 102 Å². The maximum atomic E-state index is 13.9. The minimum absolute atomic E-state index is 0.0579. The number of aryl methyl sites for hydroxylation is 4. The minimum Gasteiger partial charge on any atom is -0.369 e. The number of para-hydroxylation sites is 1. The zero-order chi connectivity index (χ0) is 109. The number of non-ortho nitro benzene ring substituents is 4. The number of hydrogen-bond acceptors (Lipinski definition) is 36. The SMILES string of the molecule is Cc1cc([N+](=O)[O-])cc(S(=O)(=O)N2CCN(Cc3cccc(Cl)c3)CC2)c1N(CCBr)CCOS(C)(=O)=O.Cc1cc([N+](=O)[O-])cc(S(=O)(=O)N2CCN(Cc3ccccc3)CC2)c1N(CCBr)CCOS(C)(=O)=O.Cc1cc([N+](=O)[O-])cc(S(=O)(=O)N2CCN(c3cccc(Cl)c3)CC2)c1N(CCBr)CCOS(C)(=O)=O.Cc1cc([N+](=O)[O-])cc(S(=O)(=O)N2CCN(c3ccccc3)CC2)c1N(CCBr)CCOS(C)(=O)=O. The third kappa shape index (κ3) is 36.0. The van der Waals surface area contributed by atoms with Gasteiger partial charge >= 0.3 is 0 Å². The van der Waals surface area contributed by atoms with E-state index in [1.54, 1.807) is 59.4 Å². The summed E-state index contributed by atoms with van der Waals surface area (Å²) in [5, 5.41) is 49.4. The molecule has 0 N–H and O–H groups in total. The zero-order valence-electron chi connectivity index (χ0n) is 82.2. The monoisotopic (exact) mass is 2510 g/mol. The van der Waals surface area contributed by atoms with Crippen LogP contribution in [0.4, 0.5) is 56.9 Å². The first-order valence-electron chi connectivity index (χ1n) is 45.8. The number of halogens is 6. The summed E-state index contributed by atoms with van der Waals surface area (Å²) in [5.74, 6) is 0. The van der Waals surface area contributed by atoms with Gasteiger partial charge in [-0.1, -0.05) is 154 Å². The van der Waals surface area contributed by atoms with Gasteiger partial charge in [0.15, 0.2) is 0 Å². The van der Waals surface area contributed by atoms with Crippen molar-refractivity contribution in [3.63, 3.8) is 0 Å². The Balaban J connectivity index is 0.000000219. The summed E-state index contributed by atoms with van der Waals surface area (Å²) in [6.45, 7) is 13.9. The number of nitrogens with zero attached hydrogens (tertiary/aromatic N) is 16. The second kappa shape index (κ2) is 55.6. The first-order valence-corrected chi connectivity index (χ1v) is 64.1. The molecule has 8 aromatic rings. The van der Waals surface area contributed by atoms with E-state index < -0.39 is 100 Å². The molecule has 0 aromatic heterocycles. The quantitative estimate of drug-likeness (QED) is 0.0148. The highest BCUT2D eigenvalue weighted by Gasteiger charge is 2.41. The van der Waals surface area contributed by atoms with Crippen LogP contribution in [0.3, 0.4) is 0 Å². The summed E-state index contributed by atoms with van der Waals surface area (Å²) in [6, 6.07) is 43.9. The third-order valence-electron chi connectivity index (χ3n) is 23.6. The highest BCUT2D eigenvalue weighted by molar-refractivity contribution is 9.09. The van der Waals surface area contributed by atoms with Gasteiger partial charge in [-0.3, -0.25) is 67.0 Å². The van der Waals surface area contributed by atoms with Gasteiger partial charge in [-0.15, -0.1) is 0 Å². The molecule has 0 amide bonds. The summed E-state index contributed by atoms with van der Waals surface area (Å²) in [6.07, 6.45) is 3.73. The Labute approximate surface area is 908 Å². The number of piperazine rings is 4. The third-order valence-corrected chi connectivity index (χ3v) is 35.5. The van der Waals surface area contributed by atoms with Crippen molar-refractivity contribution in [1.29, 1.82) is 0 Å². The molecular formula is C90H118Br4Cl2N16O28S8. The van der Waals surface area contributed by atoms with E-state index in [2.05, 4.69) is 78.4 Å². The average Bonchev–Trinajstić information content (AvgIpc) is 0.770. The molecule has 12 rings (SSSR count). The number of nitro groups is 4. The van der Waals surface area contributed by atoms with Crippen molar-refractivity contribution in [2.45, 2.75) is 60.4 Å². The zero-order valence-corrected chi connectivity index (χ0v) is 96.6. The van der Waals surface area contributed by atoms with Crippen LogP contribution in [0.1, 0.15) is 33.4 Å². The van der Waals surface area contributed by atoms with Gasteiger partial charge in [0.2, 0.25) is 40.1 Å². The van der Waals surface area contributed by atoms with Crippen molar-refractivity contribution in [1.82, 2.24) is 27.0 Å². The molecule has 44 nitrogen and oxygen atoms in total. The Morgan fingerprint density at radius 1 is 0.297 bits per heavy atom. The van der Waals surface area contributed by atoms with E-state index in [9.17, 15) is 108 Å². The molecule has 0 spiro atoms. The largest absolute Gasteiger partial charge is 0.369 e. The predicted octanol–water partition coefficient (Wildman–Crippen LogP) is 11.7. The lowest BCUT2D eigenvalue weighted by Gasteiger charge is -2.36. The standard InChI is InChI=1S/C23H30BrClN4O7S2.C23H31BrN4O7S2.C22H28BrClN4O7S2.C22H29BrN4O7S2/c1-18-14-21(29(30)31)16-22(23(18)27(7-6-24)12-13-36-37(2,32)33)38(34,35)28-10-8-26(9-11-28)17-19-4-3-5-20(25)15-19;1-19-16-21(28(29)30)17-22(23(19)26(9-8-24)14-15-35-36(2,31)32)37(33,34)27-12-10-25(11-13-27)18-20-6-4-3-5-7-20;1-17-14-20(28(29)30)16-21(22(17)26(7-6-23)12-13-35-36(2,31)32)37(33,34)27-10-8-25(9-11-27)19-5-3-4-18(24)15-19;1-18-16-20(27(28)29)17-21(22(18)25(9-8-23)14-15-34-35(2,30)31)36(32,33)26-12-10-24(11-13-26)19-6-4-3-5-7-19/h3-5,14-16H,6-13,17H2,1-2H3;3-7,16-17H,8-15,18H2,1-2H3;3-5,14-16H,6-13H2,1-2H3;3-7,16-17H,8-15H2,1-2H3. The smallest absolute Gasteiger partial charge is 0.271 e. The van der Waals surface area contributed by atoms with Crippen molar-refractivity contribution in [3.05, 3.63) is 242 Å². The predicted molar refractivity (Wildman–Crippen MR) is 584 cm³/mol. The summed E-state index contributed by atoms with van der Waals surface area (Å²) in [4.78, 5) is 58.2. The number of nitro benzene ring substituents is 4. The summed E-state index contributed by atoms with van der Waals surface area (Å²) in [7, 11) is -31.2. The van der Waals surface area contributed by atoms with Crippen molar-refractivity contribution in [2.24, 2.45) is 0 Å². The molecule has 58 heteroatoms. The van der Waals surface area contributed by atoms with Crippen molar-refractivity contribution < 1.29 is 104 Å². The van der Waals surface area contributed by atoms with Crippen LogP contribution in [-0.4, -0.2) is 344 Å². The molecule has 0 bridgehead atoms. The van der Waals surface area contributed by atoms with Gasteiger partial charge in [-0.05, 0) is 104 Å². The molecule has 4 aliphatic heterocycles. The van der Waals surface area contributed by atoms with Crippen LogP contribution in [0.5, 0.6) is 0 Å². The van der Waals surface area contributed by atoms with Crippen LogP contribution in [0.15, 0.2) is 177 Å². The van der Waals surface area contributed by atoms with Crippen LogP contribution in [0, 0.1) is 68.2 Å². The first kappa shape index (κ1) is 123. The van der Waals surface area contributed by atoms with Crippen molar-refractivity contribution >= 4 is 224 Å². The maximum absolute atomic E-state index is 13.9. The van der Waals surface area contributed by atoms with E-state index >= 15 is 0 Å². The van der Waals surface area contributed by atoms with E-state index in [4.69, 9.17) is 39.9 Å². The van der Waals surface area contributed by atoms with Gasteiger partial charge in [-0.2, -0.15) is 50.9 Å². The fraction of sp³-hybridized carbons (Fsp3) is 0.467. The number of hydrogen-bond donors (Lipinski definition) is 0. The Morgan fingerprint density at radius 3 is 0.791 bits per heavy atom. The maximum Gasteiger partial charge on any atom is 0.271 e. The molecule has 0 unspecified atom stereocenters. The lowest BCUT2D eigenvalue weighted by Crippen LogP contribution is -2.49. The Morgan fingerprint density at radius 2 is 0.534 bits per heavy atom. The Hall–Kier alpha value is -8.14. The van der Waals surface area contributed by atoms with Gasteiger partial charge in [0.05, 0.1) is 93.9 Å². The second-order valence-corrected chi connectivity index (χ2v) is 52.6. The fourth-order valence-corrected chi connectivity index (χ4v) is 27.4. The van der Waals surface area contributed by atoms with Gasteiger partial charge in [0, 0.05) is 261 Å². The van der Waals surface area contributed by atoms with Gasteiger partial charge in [-0.25, -0.2) is 33.7 Å². The molecule has 4 heterocycles. The Bertz CT molecular complexity index is 6940. The molecule has 148 heavy (non-hydrogen) atoms. The molecule has 4 fully saturated rings. The highest BCUT2D eigenvalue weighted by Crippen LogP contribution is 2.42. The molecule has 8 aromatic carbocycles. The molecule has 816 valence electrons. The topological polar surface area (TPSA) is 521 Å². The van der Waals surface area contributed by atoms with Gasteiger partial charge < -0.3 is 29.4 Å². The number of rotatable bonds is 46. The van der Waals surface area contributed by atoms with Crippen molar-refractivity contribution in [2.75, 3.05) is 259 Å². The number of sulfonamides is 4. The van der Waals surface area contributed by atoms with Crippen LogP contribution >= 0.6 is 86.9 Å². The van der Waals surface area contributed by atoms with Crippen molar-refractivity contribution in [3.8, 4) is 0 Å². The van der Waals surface area contributed by atoms with E-state index in [1.165, 1.54) is 41.5 Å². The van der Waals surface area contributed by atoms with Crippen LogP contribution in [-0.2, 0) is 110 Å². The minimum atomic E-state index is -4.14. The van der Waals surface area contributed by atoms with Gasteiger partial charge in [0.25, 0.3) is 63.2 Å². The number of alkyl halides is 4. The summed E-state index contributed by atoms with van der Waals surface area (Å²) in [5.41, 5.74) is 5.41. The average molecular weight is 2520 g/mol. The van der Waals surface area contributed by atoms with Crippen LogP contribution in [0.25, 0.3) is 0 Å². The number of anilines is 6. The summed E-state index contributed by atoms with van der Waals surface area (Å²) < 4.78 is 227. The Kier molecular flexibility index (Phi) is 46.3. The molecule has 4 saturated heterocycles. The highest BCUT2D eigenvalue weighted by atomic mass is 79.9. The molecule has 0 atom stereocenters. The summed E-state index contributed by atoms with van der Waals surface area (Å²) >= 11 is 25.6. The lowest BCUT2D eigenvalue weighted by molar-refractivity contribution is -0.385. The first-order chi connectivity index (χ1) is 69.5. The fourth-order valence-electron chi connectivity index (χ4n) is 16.9.